The van der Waals surface area contributed by atoms with E-state index in [0.29, 0.717) is 29.6 Å². The van der Waals surface area contributed by atoms with Crippen LogP contribution in [0.2, 0.25) is 0 Å². The molecule has 2 rings (SSSR count). The Hall–Kier alpha value is -2.82. The van der Waals surface area contributed by atoms with Crippen LogP contribution in [-0.4, -0.2) is 19.4 Å². The van der Waals surface area contributed by atoms with E-state index in [1.54, 1.807) is 18.2 Å². The molecule has 1 aromatic heterocycles. The molecule has 0 fully saturated rings. The van der Waals surface area contributed by atoms with Crippen LogP contribution in [0.3, 0.4) is 0 Å². The van der Waals surface area contributed by atoms with Gasteiger partial charge in [0.25, 0.3) is 0 Å². The number of benzene rings is 1. The summed E-state index contributed by atoms with van der Waals surface area (Å²) in [5.41, 5.74) is 1.06. The first-order valence-corrected chi connectivity index (χ1v) is 6.22. The van der Waals surface area contributed by atoms with Gasteiger partial charge < -0.3 is 13.9 Å². The van der Waals surface area contributed by atoms with Crippen molar-refractivity contribution in [1.82, 2.24) is 0 Å². The molecule has 0 unspecified atom stereocenters. The fourth-order valence-electron chi connectivity index (χ4n) is 1.86. The Balaban J connectivity index is 2.42. The largest absolute Gasteiger partial charge is 0.493 e. The van der Waals surface area contributed by atoms with Crippen molar-refractivity contribution >= 4 is 12.3 Å². The number of allylic oxidation sites excluding steroid dienone is 1. The number of carbonyl (C=O) groups excluding carboxylic acids is 2. The Kier molecular flexibility index (Phi) is 4.56. The van der Waals surface area contributed by atoms with Gasteiger partial charge in [0, 0.05) is 11.1 Å². The van der Waals surface area contributed by atoms with Crippen LogP contribution >= 0.6 is 0 Å². The highest BCUT2D eigenvalue weighted by molar-refractivity contribution is 5.89. The predicted octanol–water partition coefficient (Wildman–Crippen LogP) is 3.05. The molecule has 0 saturated heterocycles. The third-order valence-corrected chi connectivity index (χ3v) is 2.79. The zero-order valence-corrected chi connectivity index (χ0v) is 11.5. The Labute approximate surface area is 121 Å². The Morgan fingerprint density at radius 1 is 1.43 bits per heavy atom. The zero-order valence-electron chi connectivity index (χ0n) is 11.5. The van der Waals surface area contributed by atoms with E-state index in [0.717, 1.165) is 0 Å². The number of furan rings is 1. The van der Waals surface area contributed by atoms with Crippen molar-refractivity contribution in [2.45, 2.75) is 6.42 Å². The monoisotopic (exact) mass is 286 g/mol. The third-order valence-electron chi connectivity index (χ3n) is 2.79. The van der Waals surface area contributed by atoms with E-state index >= 15 is 0 Å². The average molecular weight is 286 g/mol. The van der Waals surface area contributed by atoms with Gasteiger partial charge >= 0.3 is 5.97 Å². The van der Waals surface area contributed by atoms with E-state index in [9.17, 15) is 9.59 Å². The fraction of sp³-hybridized carbons (Fsp3) is 0.125. The second-order valence-electron chi connectivity index (χ2n) is 4.19. The highest BCUT2D eigenvalue weighted by Gasteiger charge is 2.18. The molecular weight excluding hydrogens is 272 g/mol. The quantitative estimate of drug-likeness (QED) is 0.353. The van der Waals surface area contributed by atoms with E-state index in [4.69, 9.17) is 13.9 Å². The van der Waals surface area contributed by atoms with Crippen molar-refractivity contribution in [3.63, 3.8) is 0 Å². The third kappa shape index (κ3) is 3.20. The van der Waals surface area contributed by atoms with Crippen LogP contribution < -0.4 is 9.47 Å². The molecule has 0 saturated carbocycles. The molecule has 1 aromatic carbocycles. The molecular formula is C16H14O5. The molecule has 0 spiro atoms. The van der Waals surface area contributed by atoms with Crippen LogP contribution in [0.25, 0.3) is 0 Å². The molecule has 0 aliphatic heterocycles. The lowest BCUT2D eigenvalue weighted by Gasteiger charge is -2.13. The maximum Gasteiger partial charge on any atom is 0.379 e. The number of hydrogen-bond donors (Lipinski definition) is 0. The molecule has 1 heterocycles. The van der Waals surface area contributed by atoms with Crippen LogP contribution in [0.15, 0.2) is 47.6 Å². The van der Waals surface area contributed by atoms with Gasteiger partial charge in [0.15, 0.2) is 11.5 Å². The molecule has 108 valence electrons. The maximum atomic E-state index is 12.0. The average Bonchev–Trinajstić information content (AvgIpc) is 3.03. The topological polar surface area (TPSA) is 65.7 Å². The van der Waals surface area contributed by atoms with Crippen molar-refractivity contribution in [1.29, 1.82) is 0 Å². The minimum absolute atomic E-state index is 0.0843. The first kappa shape index (κ1) is 14.6. The van der Waals surface area contributed by atoms with E-state index in [1.165, 1.54) is 25.5 Å². The SMILES string of the molecule is C=CCc1cc(C=O)cc(OC)c1OC(=O)c1ccco1. The lowest BCUT2D eigenvalue weighted by Crippen LogP contribution is -2.10. The fourth-order valence-corrected chi connectivity index (χ4v) is 1.86. The van der Waals surface area contributed by atoms with Crippen LogP contribution in [0.4, 0.5) is 0 Å². The Bertz CT molecular complexity index is 656. The first-order valence-electron chi connectivity index (χ1n) is 6.22. The number of hydrogen-bond acceptors (Lipinski definition) is 5. The van der Waals surface area contributed by atoms with Gasteiger partial charge in [-0.3, -0.25) is 4.79 Å². The number of methoxy groups -OCH3 is 1. The lowest BCUT2D eigenvalue weighted by atomic mass is 10.1. The molecule has 21 heavy (non-hydrogen) atoms. The van der Waals surface area contributed by atoms with Crippen molar-refractivity contribution in [3.8, 4) is 11.5 Å². The van der Waals surface area contributed by atoms with Crippen LogP contribution in [0.5, 0.6) is 11.5 Å². The normalized spacial score (nSPS) is 9.95. The summed E-state index contributed by atoms with van der Waals surface area (Å²) in [6.45, 7) is 3.65. The van der Waals surface area contributed by atoms with Gasteiger partial charge in [-0.05, 0) is 30.7 Å². The summed E-state index contributed by atoms with van der Waals surface area (Å²) in [5.74, 6) is 0.00397. The lowest BCUT2D eigenvalue weighted by molar-refractivity contribution is 0.0695. The van der Waals surface area contributed by atoms with Gasteiger partial charge in [-0.25, -0.2) is 4.79 Å². The van der Waals surface area contributed by atoms with Gasteiger partial charge in [0.1, 0.15) is 6.29 Å². The number of aldehydes is 1. The molecule has 0 aliphatic carbocycles. The summed E-state index contributed by atoms with van der Waals surface area (Å²) >= 11 is 0. The summed E-state index contributed by atoms with van der Waals surface area (Å²) in [7, 11) is 1.44. The van der Waals surface area contributed by atoms with Crippen LogP contribution in [0, 0.1) is 0 Å². The smallest absolute Gasteiger partial charge is 0.379 e. The van der Waals surface area contributed by atoms with Gasteiger partial charge in [-0.2, -0.15) is 0 Å². The molecule has 5 heteroatoms. The molecule has 0 N–H and O–H groups in total. The summed E-state index contributed by atoms with van der Waals surface area (Å²) < 4.78 is 15.5. The van der Waals surface area contributed by atoms with Crippen LogP contribution in [0.1, 0.15) is 26.5 Å². The number of carbonyl (C=O) groups is 2. The van der Waals surface area contributed by atoms with Crippen molar-refractivity contribution in [2.24, 2.45) is 0 Å². The first-order chi connectivity index (χ1) is 10.2. The molecule has 0 aliphatic rings. The maximum absolute atomic E-state index is 12.0. The molecule has 5 nitrogen and oxygen atoms in total. The van der Waals surface area contributed by atoms with Gasteiger partial charge in [0.2, 0.25) is 5.76 Å². The number of ether oxygens (including phenoxy) is 2. The molecule has 0 atom stereocenters. The van der Waals surface area contributed by atoms with Gasteiger partial charge in [0.05, 0.1) is 13.4 Å². The molecule has 0 amide bonds. The van der Waals surface area contributed by atoms with Crippen molar-refractivity contribution in [2.75, 3.05) is 7.11 Å². The molecule has 0 bridgehead atoms. The highest BCUT2D eigenvalue weighted by atomic mass is 16.6. The number of rotatable bonds is 6. The minimum Gasteiger partial charge on any atom is -0.493 e. The van der Waals surface area contributed by atoms with Gasteiger partial charge in [-0.1, -0.05) is 6.08 Å². The summed E-state index contributed by atoms with van der Waals surface area (Å²) in [6, 6.07) is 6.22. The summed E-state index contributed by atoms with van der Waals surface area (Å²) in [6.07, 6.45) is 4.16. The highest BCUT2D eigenvalue weighted by Crippen LogP contribution is 2.33. The minimum atomic E-state index is -0.637. The Morgan fingerprint density at radius 2 is 2.24 bits per heavy atom. The van der Waals surface area contributed by atoms with E-state index in [1.807, 2.05) is 0 Å². The second-order valence-corrected chi connectivity index (χ2v) is 4.19. The van der Waals surface area contributed by atoms with Crippen LogP contribution in [-0.2, 0) is 6.42 Å². The van der Waals surface area contributed by atoms with Crippen molar-refractivity contribution in [3.05, 3.63) is 60.1 Å². The summed E-state index contributed by atoms with van der Waals surface area (Å²) in [4.78, 5) is 22.9. The van der Waals surface area contributed by atoms with Crippen molar-refractivity contribution < 1.29 is 23.5 Å². The van der Waals surface area contributed by atoms with E-state index in [-0.39, 0.29) is 11.5 Å². The predicted molar refractivity (Wildman–Crippen MR) is 75.9 cm³/mol. The summed E-state index contributed by atoms with van der Waals surface area (Å²) in [5, 5.41) is 0. The zero-order chi connectivity index (χ0) is 15.2. The standard InChI is InChI=1S/C16H14O5/c1-3-5-12-8-11(10-17)9-14(19-2)15(12)21-16(18)13-6-4-7-20-13/h3-4,6-10H,1,5H2,2H3. The number of esters is 1. The van der Waals surface area contributed by atoms with E-state index in [2.05, 4.69) is 6.58 Å². The molecule has 2 aromatic rings. The van der Waals surface area contributed by atoms with E-state index < -0.39 is 5.97 Å². The molecule has 0 radical (unpaired) electrons. The second kappa shape index (κ2) is 6.56. The Morgan fingerprint density at radius 3 is 2.81 bits per heavy atom. The van der Waals surface area contributed by atoms with Gasteiger partial charge in [-0.15, -0.1) is 6.58 Å².